The van der Waals surface area contributed by atoms with E-state index in [-0.39, 0.29) is 12.5 Å². The second kappa shape index (κ2) is 6.41. The number of hydrogen-bond acceptors (Lipinski definition) is 6. The molecule has 2 atom stereocenters. The molecule has 0 aromatic carbocycles. The molecule has 1 amide bonds. The highest BCUT2D eigenvalue weighted by Gasteiger charge is 2.26. The summed E-state index contributed by atoms with van der Waals surface area (Å²) in [5.41, 5.74) is 0. The van der Waals surface area contributed by atoms with Crippen LogP contribution < -0.4 is 10.6 Å². The molecule has 92 valence electrons. The van der Waals surface area contributed by atoms with Gasteiger partial charge in [-0.1, -0.05) is 0 Å². The summed E-state index contributed by atoms with van der Waals surface area (Å²) in [5, 5.41) is 14.2. The summed E-state index contributed by atoms with van der Waals surface area (Å²) in [6, 6.07) is -1.52. The lowest BCUT2D eigenvalue weighted by Crippen LogP contribution is -2.55. The minimum atomic E-state index is -1.03. The van der Waals surface area contributed by atoms with Crippen molar-refractivity contribution in [2.45, 2.75) is 12.1 Å². The molecule has 0 spiro atoms. The molecule has 1 fully saturated rings. The largest absolute Gasteiger partial charge is 0.467 e. The summed E-state index contributed by atoms with van der Waals surface area (Å²) in [5.74, 6) is -1.06. The topological polar surface area (TPSA) is 96.9 Å². The Hall–Kier alpha value is -1.18. The summed E-state index contributed by atoms with van der Waals surface area (Å²) in [6.45, 7) is 0.904. The number of esters is 1. The van der Waals surface area contributed by atoms with Crippen molar-refractivity contribution < 1.29 is 24.2 Å². The Labute approximate surface area is 93.1 Å². The van der Waals surface area contributed by atoms with Gasteiger partial charge in [0.1, 0.15) is 6.04 Å². The Bertz CT molecular complexity index is 252. The number of hydrogen-bond donors (Lipinski definition) is 3. The van der Waals surface area contributed by atoms with E-state index < -0.39 is 24.7 Å². The zero-order chi connectivity index (χ0) is 12.0. The summed E-state index contributed by atoms with van der Waals surface area (Å²) in [7, 11) is 1.19. The SMILES string of the molecule is COC(=O)[C@@H](CO)NC(=O)C1COCCN1. The molecule has 0 aliphatic carbocycles. The second-order valence-corrected chi connectivity index (χ2v) is 3.35. The maximum atomic E-state index is 11.6. The van der Waals surface area contributed by atoms with Crippen LogP contribution in [0.5, 0.6) is 0 Å². The molecule has 1 rings (SSSR count). The molecule has 1 unspecified atom stereocenters. The summed E-state index contributed by atoms with van der Waals surface area (Å²) < 4.78 is 9.53. The maximum absolute atomic E-state index is 11.6. The number of carbonyl (C=O) groups excluding carboxylic acids is 2. The van der Waals surface area contributed by atoms with Gasteiger partial charge in [0.05, 0.1) is 26.9 Å². The number of carbonyl (C=O) groups is 2. The van der Waals surface area contributed by atoms with Gasteiger partial charge in [0.15, 0.2) is 6.04 Å². The lowest BCUT2D eigenvalue weighted by Gasteiger charge is -2.24. The van der Waals surface area contributed by atoms with Crippen molar-refractivity contribution in [3.05, 3.63) is 0 Å². The Morgan fingerprint density at radius 3 is 2.94 bits per heavy atom. The first-order chi connectivity index (χ1) is 7.69. The Morgan fingerprint density at radius 2 is 2.44 bits per heavy atom. The number of amides is 1. The molecule has 7 heteroatoms. The van der Waals surface area contributed by atoms with Crippen molar-refractivity contribution in [2.24, 2.45) is 0 Å². The van der Waals surface area contributed by atoms with Crippen LogP contribution in [0.1, 0.15) is 0 Å². The molecular weight excluding hydrogens is 216 g/mol. The van der Waals surface area contributed by atoms with Crippen molar-refractivity contribution >= 4 is 11.9 Å². The molecule has 0 aromatic rings. The first-order valence-electron chi connectivity index (χ1n) is 4.99. The van der Waals surface area contributed by atoms with Crippen LogP contribution >= 0.6 is 0 Å². The number of morpholine rings is 1. The van der Waals surface area contributed by atoms with Crippen LogP contribution in [0.3, 0.4) is 0 Å². The number of aliphatic hydroxyl groups is 1. The summed E-state index contributed by atoms with van der Waals surface area (Å²) in [6.07, 6.45) is 0. The van der Waals surface area contributed by atoms with E-state index in [1.807, 2.05) is 0 Å². The van der Waals surface area contributed by atoms with Crippen LogP contribution in [0.25, 0.3) is 0 Å². The lowest BCUT2D eigenvalue weighted by atomic mass is 10.2. The van der Waals surface area contributed by atoms with E-state index >= 15 is 0 Å². The zero-order valence-electron chi connectivity index (χ0n) is 9.06. The lowest BCUT2D eigenvalue weighted by molar-refractivity contribution is -0.146. The van der Waals surface area contributed by atoms with Crippen LogP contribution in [-0.2, 0) is 19.1 Å². The number of ether oxygens (including phenoxy) is 2. The first kappa shape index (κ1) is 12.9. The van der Waals surface area contributed by atoms with Crippen molar-refractivity contribution in [2.75, 3.05) is 33.5 Å². The van der Waals surface area contributed by atoms with E-state index in [2.05, 4.69) is 15.4 Å². The van der Waals surface area contributed by atoms with Crippen LogP contribution in [0.15, 0.2) is 0 Å². The van der Waals surface area contributed by atoms with E-state index in [1.165, 1.54) is 7.11 Å². The molecule has 3 N–H and O–H groups in total. The van der Waals surface area contributed by atoms with Crippen molar-refractivity contribution in [3.8, 4) is 0 Å². The highest BCUT2D eigenvalue weighted by molar-refractivity contribution is 5.87. The molecule has 0 radical (unpaired) electrons. The minimum Gasteiger partial charge on any atom is -0.467 e. The molecule has 1 heterocycles. The fourth-order valence-electron chi connectivity index (χ4n) is 1.33. The number of rotatable bonds is 4. The molecule has 0 aromatic heterocycles. The van der Waals surface area contributed by atoms with Gasteiger partial charge in [0, 0.05) is 6.54 Å². The highest BCUT2D eigenvalue weighted by atomic mass is 16.5. The smallest absolute Gasteiger partial charge is 0.330 e. The molecule has 0 bridgehead atoms. The van der Waals surface area contributed by atoms with Crippen molar-refractivity contribution in [1.82, 2.24) is 10.6 Å². The van der Waals surface area contributed by atoms with E-state index in [0.717, 1.165) is 0 Å². The van der Waals surface area contributed by atoms with Gasteiger partial charge in [-0.2, -0.15) is 0 Å². The Morgan fingerprint density at radius 1 is 1.69 bits per heavy atom. The normalized spacial score (nSPS) is 22.2. The minimum absolute atomic E-state index is 0.255. The quantitative estimate of drug-likeness (QED) is 0.469. The van der Waals surface area contributed by atoms with Crippen molar-refractivity contribution in [3.63, 3.8) is 0 Å². The Balaban J connectivity index is 2.44. The average molecular weight is 232 g/mol. The standard InChI is InChI=1S/C9H16N2O5/c1-15-9(14)6(4-12)11-8(13)7-5-16-3-2-10-7/h6-7,10,12H,2-5H2,1H3,(H,11,13)/t6-,7?/m1/s1. The van der Waals surface area contributed by atoms with Gasteiger partial charge in [-0.05, 0) is 0 Å². The molecule has 1 aliphatic rings. The predicted molar refractivity (Wildman–Crippen MR) is 53.6 cm³/mol. The Kier molecular flexibility index (Phi) is 5.17. The molecule has 1 aliphatic heterocycles. The number of aliphatic hydroxyl groups excluding tert-OH is 1. The van der Waals surface area contributed by atoms with Crippen molar-refractivity contribution in [1.29, 1.82) is 0 Å². The molecule has 0 saturated carbocycles. The van der Waals surface area contributed by atoms with Crippen LogP contribution in [0, 0.1) is 0 Å². The monoisotopic (exact) mass is 232 g/mol. The fraction of sp³-hybridized carbons (Fsp3) is 0.778. The third-order valence-corrected chi connectivity index (χ3v) is 2.22. The van der Waals surface area contributed by atoms with Crippen LogP contribution in [-0.4, -0.2) is 62.5 Å². The van der Waals surface area contributed by atoms with Gasteiger partial charge >= 0.3 is 5.97 Å². The van der Waals surface area contributed by atoms with E-state index in [1.54, 1.807) is 0 Å². The molecule has 16 heavy (non-hydrogen) atoms. The van der Waals surface area contributed by atoms with E-state index in [9.17, 15) is 9.59 Å². The maximum Gasteiger partial charge on any atom is 0.330 e. The predicted octanol–water partition coefficient (Wildman–Crippen LogP) is -2.38. The van der Waals surface area contributed by atoms with E-state index in [4.69, 9.17) is 9.84 Å². The van der Waals surface area contributed by atoms with E-state index in [0.29, 0.717) is 13.2 Å². The zero-order valence-corrected chi connectivity index (χ0v) is 9.06. The highest BCUT2D eigenvalue weighted by Crippen LogP contribution is 1.95. The van der Waals surface area contributed by atoms with Crippen LogP contribution in [0.2, 0.25) is 0 Å². The second-order valence-electron chi connectivity index (χ2n) is 3.35. The fourth-order valence-corrected chi connectivity index (χ4v) is 1.33. The van der Waals surface area contributed by atoms with Gasteiger partial charge in [-0.3, -0.25) is 4.79 Å². The molecule has 7 nitrogen and oxygen atoms in total. The third-order valence-electron chi connectivity index (χ3n) is 2.22. The van der Waals surface area contributed by atoms with Gasteiger partial charge in [-0.15, -0.1) is 0 Å². The van der Waals surface area contributed by atoms with Gasteiger partial charge in [0.2, 0.25) is 5.91 Å². The number of nitrogens with one attached hydrogen (secondary N) is 2. The molecular formula is C9H16N2O5. The first-order valence-corrected chi connectivity index (χ1v) is 4.99. The number of methoxy groups -OCH3 is 1. The third kappa shape index (κ3) is 3.44. The van der Waals surface area contributed by atoms with Gasteiger partial charge in [0.25, 0.3) is 0 Å². The van der Waals surface area contributed by atoms with Crippen LogP contribution in [0.4, 0.5) is 0 Å². The summed E-state index contributed by atoms with van der Waals surface area (Å²) >= 11 is 0. The summed E-state index contributed by atoms with van der Waals surface area (Å²) in [4.78, 5) is 22.7. The average Bonchev–Trinajstić information content (AvgIpc) is 2.35. The van der Waals surface area contributed by atoms with Gasteiger partial charge < -0.3 is 25.2 Å². The molecule has 1 saturated heterocycles. The van der Waals surface area contributed by atoms with Gasteiger partial charge in [-0.25, -0.2) is 4.79 Å².